The van der Waals surface area contributed by atoms with Crippen molar-refractivity contribution in [2.24, 2.45) is 0 Å². The lowest BCUT2D eigenvalue weighted by Crippen LogP contribution is -2.25. The highest BCUT2D eigenvalue weighted by atomic mass is 19.1. The van der Waals surface area contributed by atoms with E-state index in [0.717, 1.165) is 16.9 Å². The van der Waals surface area contributed by atoms with Gasteiger partial charge >= 0.3 is 5.97 Å². The third-order valence-corrected chi connectivity index (χ3v) is 3.07. The van der Waals surface area contributed by atoms with Crippen molar-refractivity contribution in [2.75, 3.05) is 0 Å². The Hall–Kier alpha value is -2.57. The highest BCUT2D eigenvalue weighted by Gasteiger charge is 2.19. The number of halogens is 2. The molecular weight excluding hydrogens is 282 g/mol. The number of aromatic nitrogens is 2. The van der Waals surface area contributed by atoms with Crippen molar-refractivity contribution >= 4 is 5.97 Å². The van der Waals surface area contributed by atoms with E-state index in [0.29, 0.717) is 0 Å². The van der Waals surface area contributed by atoms with Gasteiger partial charge in [0.25, 0.3) is 0 Å². The normalized spacial score (nSPS) is 10.7. The van der Waals surface area contributed by atoms with E-state index in [1.807, 2.05) is 0 Å². The maximum atomic E-state index is 14.1. The first-order chi connectivity index (χ1) is 9.86. The summed E-state index contributed by atoms with van der Waals surface area (Å²) in [6, 6.07) is 2.31. The Kier molecular flexibility index (Phi) is 3.84. The summed E-state index contributed by atoms with van der Waals surface area (Å²) >= 11 is 0. The molecule has 21 heavy (non-hydrogen) atoms. The third kappa shape index (κ3) is 2.54. The number of aryl methyl sites for hydroxylation is 2. The van der Waals surface area contributed by atoms with E-state index in [4.69, 9.17) is 5.11 Å². The minimum atomic E-state index is -1.54. The summed E-state index contributed by atoms with van der Waals surface area (Å²) in [5.74, 6) is -3.30. The van der Waals surface area contributed by atoms with Gasteiger partial charge in [-0.25, -0.2) is 18.3 Å². The fourth-order valence-corrected chi connectivity index (χ4v) is 1.90. The van der Waals surface area contributed by atoms with Gasteiger partial charge < -0.3 is 5.11 Å². The number of hydrogen-bond acceptors (Lipinski definition) is 3. The fraction of sp³-hybridized carbons (Fsp3) is 0.214. The van der Waals surface area contributed by atoms with Crippen LogP contribution in [0.2, 0.25) is 0 Å². The summed E-state index contributed by atoms with van der Waals surface area (Å²) in [5, 5.41) is 12.5. The highest BCUT2D eigenvalue weighted by Crippen LogP contribution is 2.20. The lowest BCUT2D eigenvalue weighted by Gasteiger charge is -2.11. The minimum absolute atomic E-state index is 0.114. The molecule has 0 spiro atoms. The van der Waals surface area contributed by atoms with Gasteiger partial charge in [-0.1, -0.05) is 13.0 Å². The van der Waals surface area contributed by atoms with Crippen molar-refractivity contribution in [3.8, 4) is 5.69 Å². The molecule has 0 radical (unpaired) electrons. The zero-order valence-electron chi connectivity index (χ0n) is 11.4. The summed E-state index contributed by atoms with van der Waals surface area (Å²) in [5.41, 5.74) is -1.74. The van der Waals surface area contributed by atoms with Gasteiger partial charge in [-0.15, -0.1) is 0 Å². The Bertz CT molecular complexity index is 785. The number of hydrogen-bond donors (Lipinski definition) is 1. The molecule has 0 unspecified atom stereocenters. The van der Waals surface area contributed by atoms with Crippen LogP contribution in [0.4, 0.5) is 8.78 Å². The Morgan fingerprint density at radius 3 is 2.62 bits per heavy atom. The average Bonchev–Trinajstić information content (AvgIpc) is 2.44. The predicted octanol–water partition coefficient (Wildman–Crippen LogP) is 2.08. The molecule has 0 amide bonds. The van der Waals surface area contributed by atoms with Gasteiger partial charge in [-0.2, -0.15) is 5.10 Å². The number of nitrogens with zero attached hydrogens (tertiary/aromatic N) is 2. The summed E-state index contributed by atoms with van der Waals surface area (Å²) in [4.78, 5) is 22.9. The number of carboxylic acid groups (broad SMARTS) is 1. The monoisotopic (exact) mass is 294 g/mol. The summed E-state index contributed by atoms with van der Waals surface area (Å²) in [7, 11) is 0. The van der Waals surface area contributed by atoms with Gasteiger partial charge in [0.05, 0.1) is 0 Å². The van der Waals surface area contributed by atoms with E-state index < -0.39 is 34.4 Å². The number of benzene rings is 1. The number of aromatic carboxylic acids is 1. The SMILES string of the molecule is CCc1cn(-c2c(F)ccc(C)c2F)nc(C(=O)O)c1=O. The molecule has 0 fully saturated rings. The number of rotatable bonds is 3. The van der Waals surface area contributed by atoms with Gasteiger partial charge in [0.15, 0.2) is 11.6 Å². The zero-order chi connectivity index (χ0) is 15.7. The van der Waals surface area contributed by atoms with Crippen LogP contribution in [0.25, 0.3) is 5.69 Å². The first kappa shape index (κ1) is 14.8. The fourth-order valence-electron chi connectivity index (χ4n) is 1.90. The zero-order valence-corrected chi connectivity index (χ0v) is 11.4. The second kappa shape index (κ2) is 5.43. The first-order valence-electron chi connectivity index (χ1n) is 6.18. The van der Waals surface area contributed by atoms with E-state index >= 15 is 0 Å². The maximum absolute atomic E-state index is 14.1. The molecule has 0 atom stereocenters. The molecule has 0 saturated carbocycles. The van der Waals surface area contributed by atoms with Crippen molar-refractivity contribution in [2.45, 2.75) is 20.3 Å². The second-order valence-electron chi connectivity index (χ2n) is 4.46. The summed E-state index contributed by atoms with van der Waals surface area (Å²) in [6.07, 6.45) is 1.37. The van der Waals surface area contributed by atoms with Crippen LogP contribution in [-0.2, 0) is 6.42 Å². The van der Waals surface area contributed by atoms with Crippen LogP contribution in [0.3, 0.4) is 0 Å². The topological polar surface area (TPSA) is 72.2 Å². The molecule has 1 heterocycles. The van der Waals surface area contributed by atoms with Crippen LogP contribution in [0.1, 0.15) is 28.5 Å². The molecule has 0 aliphatic rings. The first-order valence-corrected chi connectivity index (χ1v) is 6.18. The van der Waals surface area contributed by atoms with Crippen LogP contribution >= 0.6 is 0 Å². The van der Waals surface area contributed by atoms with E-state index in [9.17, 15) is 18.4 Å². The maximum Gasteiger partial charge on any atom is 0.360 e. The Morgan fingerprint density at radius 2 is 2.05 bits per heavy atom. The van der Waals surface area contributed by atoms with Crippen molar-refractivity contribution in [3.05, 3.63) is 57.0 Å². The lowest BCUT2D eigenvalue weighted by atomic mass is 10.1. The van der Waals surface area contributed by atoms with Crippen LogP contribution in [-0.4, -0.2) is 20.9 Å². The smallest absolute Gasteiger partial charge is 0.360 e. The van der Waals surface area contributed by atoms with E-state index in [-0.39, 0.29) is 17.5 Å². The van der Waals surface area contributed by atoms with Crippen LogP contribution in [0.5, 0.6) is 0 Å². The van der Waals surface area contributed by atoms with E-state index in [1.165, 1.54) is 13.0 Å². The van der Waals surface area contributed by atoms with E-state index in [2.05, 4.69) is 5.10 Å². The van der Waals surface area contributed by atoms with Crippen molar-refractivity contribution in [1.29, 1.82) is 0 Å². The van der Waals surface area contributed by atoms with E-state index in [1.54, 1.807) is 6.92 Å². The Morgan fingerprint density at radius 1 is 1.38 bits per heavy atom. The number of carbonyl (C=O) groups is 1. The van der Waals surface area contributed by atoms with Gasteiger partial charge in [0, 0.05) is 11.8 Å². The largest absolute Gasteiger partial charge is 0.476 e. The lowest BCUT2D eigenvalue weighted by molar-refractivity contribution is 0.0686. The van der Waals surface area contributed by atoms with Gasteiger partial charge in [-0.3, -0.25) is 4.79 Å². The second-order valence-corrected chi connectivity index (χ2v) is 4.46. The molecule has 1 aromatic carbocycles. The third-order valence-electron chi connectivity index (χ3n) is 3.07. The standard InChI is InChI=1S/C14H12F2N2O3/c1-3-8-6-18(17-11(13(8)19)14(20)21)12-9(15)5-4-7(2)10(12)16/h4-6H,3H2,1-2H3,(H,20,21). The van der Waals surface area contributed by atoms with Gasteiger partial charge in [0.2, 0.25) is 11.1 Å². The van der Waals surface area contributed by atoms with Crippen molar-refractivity contribution in [3.63, 3.8) is 0 Å². The molecule has 2 aromatic rings. The molecule has 1 aromatic heterocycles. The van der Waals surface area contributed by atoms with Gasteiger partial charge in [0.1, 0.15) is 5.69 Å². The molecule has 2 rings (SSSR count). The Balaban J connectivity index is 2.82. The predicted molar refractivity (Wildman–Crippen MR) is 70.8 cm³/mol. The van der Waals surface area contributed by atoms with Crippen molar-refractivity contribution in [1.82, 2.24) is 9.78 Å². The molecule has 5 nitrogen and oxygen atoms in total. The van der Waals surface area contributed by atoms with Crippen LogP contribution < -0.4 is 5.43 Å². The Labute approximate surface area is 118 Å². The molecule has 0 bridgehead atoms. The van der Waals surface area contributed by atoms with Crippen molar-refractivity contribution < 1.29 is 18.7 Å². The minimum Gasteiger partial charge on any atom is -0.476 e. The quantitative estimate of drug-likeness (QED) is 0.940. The molecular formula is C14H12F2N2O3. The average molecular weight is 294 g/mol. The van der Waals surface area contributed by atoms with Gasteiger partial charge in [-0.05, 0) is 25.0 Å². The molecule has 7 heteroatoms. The highest BCUT2D eigenvalue weighted by molar-refractivity contribution is 5.85. The molecule has 110 valence electrons. The molecule has 0 aliphatic heterocycles. The summed E-state index contributed by atoms with van der Waals surface area (Å²) in [6.45, 7) is 3.08. The number of carboxylic acids is 1. The van der Waals surface area contributed by atoms with Crippen LogP contribution in [0.15, 0.2) is 23.1 Å². The molecule has 1 N–H and O–H groups in total. The summed E-state index contributed by atoms with van der Waals surface area (Å²) < 4.78 is 28.7. The molecule has 0 saturated heterocycles. The van der Waals surface area contributed by atoms with Crippen LogP contribution in [0, 0.1) is 18.6 Å². The molecule has 0 aliphatic carbocycles.